The zero-order chi connectivity index (χ0) is 24.7. The Kier molecular flexibility index (Phi) is 5.42. The fraction of sp³-hybridized carbons (Fsp3) is 0.280. The second-order valence-electron chi connectivity index (χ2n) is 8.84. The Labute approximate surface area is 206 Å². The molecule has 6 rings (SSSR count). The molecule has 0 aromatic carbocycles. The van der Waals surface area contributed by atoms with Gasteiger partial charge in [0.1, 0.15) is 5.69 Å². The molecule has 1 fully saturated rings. The van der Waals surface area contributed by atoms with Crippen LogP contribution in [0.15, 0.2) is 53.3 Å². The average Bonchev–Trinajstić information content (AvgIpc) is 3.51. The van der Waals surface area contributed by atoms with Crippen molar-refractivity contribution in [1.82, 2.24) is 30.0 Å². The van der Waals surface area contributed by atoms with Crippen LogP contribution in [0.5, 0.6) is 0 Å². The number of likely N-dealkylation sites (N-methyl/N-ethyl adjacent to an activating group) is 1. The van der Waals surface area contributed by atoms with Gasteiger partial charge in [-0.1, -0.05) is 11.2 Å². The number of hydrogen-bond acceptors (Lipinski definition) is 10. The molecule has 6 heterocycles. The topological polar surface area (TPSA) is 139 Å². The molecule has 11 nitrogen and oxygen atoms in total. The number of pyridine rings is 2. The quantitative estimate of drug-likeness (QED) is 0.433. The number of nitrogens with zero attached hydrogens (tertiary/aromatic N) is 6. The lowest BCUT2D eigenvalue weighted by atomic mass is 9.98. The van der Waals surface area contributed by atoms with Gasteiger partial charge in [-0.25, -0.2) is 15.0 Å². The van der Waals surface area contributed by atoms with Crippen LogP contribution in [0.2, 0.25) is 0 Å². The average molecular weight is 486 g/mol. The second-order valence-corrected chi connectivity index (χ2v) is 8.84. The summed E-state index contributed by atoms with van der Waals surface area (Å²) in [7, 11) is 1.64. The van der Waals surface area contributed by atoms with E-state index in [0.29, 0.717) is 48.5 Å². The van der Waals surface area contributed by atoms with Gasteiger partial charge in [-0.3, -0.25) is 9.78 Å². The number of rotatable bonds is 5. The van der Waals surface area contributed by atoms with Gasteiger partial charge in [-0.2, -0.15) is 0 Å². The molecule has 0 saturated carbocycles. The Morgan fingerprint density at radius 2 is 1.92 bits per heavy atom. The van der Waals surface area contributed by atoms with Gasteiger partial charge in [0.15, 0.2) is 5.76 Å². The minimum atomic E-state index is -1.71. The molecule has 0 unspecified atom stereocenters. The fourth-order valence-corrected chi connectivity index (χ4v) is 4.39. The molecule has 2 aliphatic rings. The Balaban J connectivity index is 1.25. The molecule has 0 aliphatic carbocycles. The maximum absolute atomic E-state index is 12.4. The van der Waals surface area contributed by atoms with Crippen molar-refractivity contribution in [2.75, 3.05) is 25.5 Å². The number of hydrogen-bond donors (Lipinski definition) is 2. The van der Waals surface area contributed by atoms with Gasteiger partial charge in [0.2, 0.25) is 11.5 Å². The summed E-state index contributed by atoms with van der Waals surface area (Å²) in [5.74, 6) is 0.110. The highest BCUT2D eigenvalue weighted by molar-refractivity contribution is 5.87. The summed E-state index contributed by atoms with van der Waals surface area (Å²) in [6, 6.07) is 10.8. The van der Waals surface area contributed by atoms with Gasteiger partial charge in [-0.15, -0.1) is 0 Å². The predicted octanol–water partition coefficient (Wildman–Crippen LogP) is 2.45. The van der Waals surface area contributed by atoms with Crippen molar-refractivity contribution < 1.29 is 19.2 Å². The monoisotopic (exact) mass is 485 g/mol. The third-order valence-electron chi connectivity index (χ3n) is 6.41. The second kappa shape index (κ2) is 8.77. The number of carbonyl (C=O) groups is 1. The van der Waals surface area contributed by atoms with E-state index in [1.165, 1.54) is 4.90 Å². The lowest BCUT2D eigenvalue weighted by molar-refractivity contribution is -0.144. The molecule has 4 aromatic heterocycles. The van der Waals surface area contributed by atoms with Gasteiger partial charge >= 0.3 is 0 Å². The SMILES string of the molecule is CN1CC[C@@](O)(c2cc(-c3cccc(-c4ccnc(Nc5cnc6c(c5)COCC6)n4)n3)no2)C1=O. The summed E-state index contributed by atoms with van der Waals surface area (Å²) in [6.45, 7) is 1.68. The Morgan fingerprint density at radius 1 is 1.08 bits per heavy atom. The van der Waals surface area contributed by atoms with Crippen molar-refractivity contribution >= 4 is 17.5 Å². The van der Waals surface area contributed by atoms with E-state index in [1.807, 2.05) is 18.2 Å². The van der Waals surface area contributed by atoms with Crippen LogP contribution in [0.4, 0.5) is 11.6 Å². The number of carbonyl (C=O) groups excluding carboxylic acids is 1. The van der Waals surface area contributed by atoms with Crippen LogP contribution in [-0.2, 0) is 28.2 Å². The molecule has 1 saturated heterocycles. The Bertz CT molecular complexity index is 1460. The predicted molar refractivity (Wildman–Crippen MR) is 128 cm³/mol. The summed E-state index contributed by atoms with van der Waals surface area (Å²) in [5.41, 5.74) is 3.33. The minimum Gasteiger partial charge on any atom is -0.376 e. The van der Waals surface area contributed by atoms with Crippen molar-refractivity contribution in [3.63, 3.8) is 0 Å². The molecule has 182 valence electrons. The van der Waals surface area contributed by atoms with E-state index in [9.17, 15) is 9.90 Å². The van der Waals surface area contributed by atoms with E-state index in [2.05, 4.69) is 30.4 Å². The summed E-state index contributed by atoms with van der Waals surface area (Å²) in [5, 5.41) is 18.1. The normalized spacial score (nSPS) is 19.4. The molecule has 0 spiro atoms. The lowest BCUT2D eigenvalue weighted by Gasteiger charge is -2.16. The number of ether oxygens (including phenoxy) is 1. The largest absolute Gasteiger partial charge is 0.376 e. The number of anilines is 2. The van der Waals surface area contributed by atoms with Crippen molar-refractivity contribution in [3.05, 3.63) is 65.8 Å². The highest BCUT2D eigenvalue weighted by Gasteiger charge is 2.48. The first kappa shape index (κ1) is 22.3. The first-order valence-corrected chi connectivity index (χ1v) is 11.6. The number of nitrogens with one attached hydrogen (secondary N) is 1. The van der Waals surface area contributed by atoms with Crippen molar-refractivity contribution in [1.29, 1.82) is 0 Å². The van der Waals surface area contributed by atoms with Crippen LogP contribution < -0.4 is 5.32 Å². The molecule has 0 bridgehead atoms. The zero-order valence-electron chi connectivity index (χ0n) is 19.5. The lowest BCUT2D eigenvalue weighted by Crippen LogP contribution is -2.35. The molecular formula is C25H23N7O4. The summed E-state index contributed by atoms with van der Waals surface area (Å²) in [4.78, 5) is 32.0. The number of aromatic nitrogens is 5. The van der Waals surface area contributed by atoms with Gasteiger partial charge in [0, 0.05) is 50.0 Å². The molecule has 2 aliphatic heterocycles. The number of amides is 1. The van der Waals surface area contributed by atoms with Crippen LogP contribution in [0.1, 0.15) is 23.4 Å². The first-order valence-electron chi connectivity index (χ1n) is 11.6. The highest BCUT2D eigenvalue weighted by Crippen LogP contribution is 2.34. The molecule has 2 N–H and O–H groups in total. The molecule has 11 heteroatoms. The van der Waals surface area contributed by atoms with Crippen LogP contribution in [0.3, 0.4) is 0 Å². The van der Waals surface area contributed by atoms with E-state index < -0.39 is 11.5 Å². The van der Waals surface area contributed by atoms with Gasteiger partial charge in [-0.05, 0) is 24.3 Å². The third kappa shape index (κ3) is 3.97. The summed E-state index contributed by atoms with van der Waals surface area (Å²) in [6.07, 6.45) is 4.47. The number of fused-ring (bicyclic) bond motifs is 1. The van der Waals surface area contributed by atoms with Crippen LogP contribution in [-0.4, -0.2) is 61.2 Å². The van der Waals surface area contributed by atoms with E-state index in [-0.39, 0.29) is 12.2 Å². The van der Waals surface area contributed by atoms with E-state index in [1.54, 1.807) is 37.6 Å². The van der Waals surface area contributed by atoms with Gasteiger partial charge < -0.3 is 24.6 Å². The first-order chi connectivity index (χ1) is 17.5. The minimum absolute atomic E-state index is 0.108. The van der Waals surface area contributed by atoms with Crippen LogP contribution in [0, 0.1) is 0 Å². The van der Waals surface area contributed by atoms with Gasteiger partial charge in [0.25, 0.3) is 5.91 Å². The van der Waals surface area contributed by atoms with E-state index in [0.717, 1.165) is 23.4 Å². The molecule has 0 radical (unpaired) electrons. The maximum atomic E-state index is 12.4. The highest BCUT2D eigenvalue weighted by atomic mass is 16.5. The number of aliphatic hydroxyl groups is 1. The zero-order valence-corrected chi connectivity index (χ0v) is 19.5. The Hall–Kier alpha value is -4.22. The van der Waals surface area contributed by atoms with Crippen molar-refractivity contribution in [3.8, 4) is 22.8 Å². The Morgan fingerprint density at radius 3 is 2.75 bits per heavy atom. The fourth-order valence-electron chi connectivity index (χ4n) is 4.39. The molecule has 1 amide bonds. The smallest absolute Gasteiger partial charge is 0.262 e. The molecular weight excluding hydrogens is 462 g/mol. The van der Waals surface area contributed by atoms with E-state index in [4.69, 9.17) is 9.26 Å². The van der Waals surface area contributed by atoms with Crippen LogP contribution in [0.25, 0.3) is 22.8 Å². The molecule has 1 atom stereocenters. The van der Waals surface area contributed by atoms with Gasteiger partial charge in [0.05, 0.1) is 42.2 Å². The van der Waals surface area contributed by atoms with E-state index >= 15 is 0 Å². The molecule has 4 aromatic rings. The standard InChI is InChI=1S/C25H23N7O4/c1-32-9-7-25(34,23(32)33)22-12-21(31-36-22)19-4-2-3-18(29-19)20-5-8-26-24(30-20)28-16-11-15-14-35-10-6-17(15)27-13-16/h2-5,8,11-13,34H,6-7,9-10,14H2,1H3,(H,26,28,30)/t25-/m1/s1. The number of likely N-dealkylation sites (tertiary alicyclic amines) is 1. The summed E-state index contributed by atoms with van der Waals surface area (Å²) >= 11 is 0. The van der Waals surface area contributed by atoms with Crippen molar-refractivity contribution in [2.24, 2.45) is 0 Å². The summed E-state index contributed by atoms with van der Waals surface area (Å²) < 4.78 is 10.9. The maximum Gasteiger partial charge on any atom is 0.262 e. The van der Waals surface area contributed by atoms with Crippen LogP contribution >= 0.6 is 0 Å². The third-order valence-corrected chi connectivity index (χ3v) is 6.41. The molecule has 36 heavy (non-hydrogen) atoms. The van der Waals surface area contributed by atoms with Crippen molar-refractivity contribution in [2.45, 2.75) is 25.0 Å².